The molecule has 0 heterocycles. The molecule has 6 nitrogen and oxygen atoms in total. The minimum absolute atomic E-state index is 0.0866. The van der Waals surface area contributed by atoms with Crippen molar-refractivity contribution in [1.82, 2.24) is 0 Å². The van der Waals surface area contributed by atoms with E-state index in [1.165, 1.54) is 0 Å². The van der Waals surface area contributed by atoms with E-state index in [0.717, 1.165) is 15.7 Å². The third kappa shape index (κ3) is 4.48. The molecule has 0 amide bonds. The molecule has 0 radical (unpaired) electrons. The number of hydrogen-bond acceptors (Lipinski definition) is 7. The first-order chi connectivity index (χ1) is 14.2. The van der Waals surface area contributed by atoms with Gasteiger partial charge >= 0.3 is 0 Å². The van der Waals surface area contributed by atoms with E-state index >= 15 is 0 Å². The first kappa shape index (κ1) is 18.8. The van der Waals surface area contributed by atoms with Crippen molar-refractivity contribution >= 4 is 45.6 Å². The zero-order valence-electron chi connectivity index (χ0n) is 15.2. The number of hydrogen-bond donors (Lipinski definition) is 2. The molecule has 4 rings (SSSR count). The van der Waals surface area contributed by atoms with Gasteiger partial charge in [0.15, 0.2) is 0 Å². The van der Waals surface area contributed by atoms with Gasteiger partial charge in [-0.05, 0) is 60.0 Å². The summed E-state index contributed by atoms with van der Waals surface area (Å²) in [5.41, 5.74) is 2.45. The van der Waals surface area contributed by atoms with E-state index in [2.05, 4.69) is 20.5 Å². The van der Waals surface area contributed by atoms with E-state index in [4.69, 9.17) is 4.55 Å². The van der Waals surface area contributed by atoms with Gasteiger partial charge in [0.1, 0.15) is 11.4 Å². The van der Waals surface area contributed by atoms with Crippen molar-refractivity contribution in [3.05, 3.63) is 84.9 Å². The highest BCUT2D eigenvalue weighted by atomic mass is 32.2. The minimum Gasteiger partial charge on any atom is -0.506 e. The Labute approximate surface area is 171 Å². The molecule has 4 aromatic rings. The highest BCUT2D eigenvalue weighted by Gasteiger charge is 2.05. The maximum Gasteiger partial charge on any atom is 0.143 e. The lowest BCUT2D eigenvalue weighted by atomic mass is 10.1. The molecule has 0 aliphatic carbocycles. The smallest absolute Gasteiger partial charge is 0.143 e. The van der Waals surface area contributed by atoms with Gasteiger partial charge < -0.3 is 9.66 Å². The first-order valence-electron chi connectivity index (χ1n) is 8.79. The van der Waals surface area contributed by atoms with Gasteiger partial charge in [-0.1, -0.05) is 30.3 Å². The zero-order valence-corrected chi connectivity index (χ0v) is 16.0. The van der Waals surface area contributed by atoms with Crippen LogP contribution in [0.25, 0.3) is 10.8 Å². The van der Waals surface area contributed by atoms with Crippen molar-refractivity contribution in [3.63, 3.8) is 0 Å². The standard InChI is InChI=1S/C22H16N4O2S/c27-21-14-5-15-3-1-2-4-20(15)22(21)26-25-17-8-6-16(7-9-17)23-24-18-10-12-19(29-28)13-11-18/h1-14,27-28H. The molecule has 142 valence electrons. The summed E-state index contributed by atoms with van der Waals surface area (Å²) in [7, 11) is 0. The number of nitrogens with zero attached hydrogens (tertiary/aromatic N) is 4. The number of phenolic OH excluding ortho intramolecular Hbond substituents is 1. The molecule has 0 bridgehead atoms. The molecule has 0 aromatic heterocycles. The first-order valence-corrected chi connectivity index (χ1v) is 9.56. The Kier molecular flexibility index (Phi) is 5.60. The summed E-state index contributed by atoms with van der Waals surface area (Å²) in [6, 6.07) is 25.4. The Hall–Kier alpha value is -3.55. The maximum atomic E-state index is 10.1. The number of phenols is 1. The van der Waals surface area contributed by atoms with Crippen LogP contribution in [0.5, 0.6) is 5.75 Å². The second-order valence-electron chi connectivity index (χ2n) is 6.16. The molecule has 29 heavy (non-hydrogen) atoms. The van der Waals surface area contributed by atoms with Crippen LogP contribution in [0.1, 0.15) is 0 Å². The lowest BCUT2D eigenvalue weighted by molar-refractivity contribution is 0.477. The lowest BCUT2D eigenvalue weighted by Gasteiger charge is -2.03. The summed E-state index contributed by atoms with van der Waals surface area (Å²) in [6.07, 6.45) is 0. The fraction of sp³-hybridized carbons (Fsp3) is 0. The molecule has 0 unspecified atom stereocenters. The van der Waals surface area contributed by atoms with Gasteiger partial charge in [0.25, 0.3) is 0 Å². The van der Waals surface area contributed by atoms with Gasteiger partial charge in [-0.15, -0.1) is 5.11 Å². The van der Waals surface area contributed by atoms with E-state index in [1.54, 1.807) is 54.6 Å². The Morgan fingerprint density at radius 3 is 1.76 bits per heavy atom. The van der Waals surface area contributed by atoms with E-state index in [1.807, 2.05) is 30.3 Å². The zero-order chi connectivity index (χ0) is 20.1. The summed E-state index contributed by atoms with van der Waals surface area (Å²) in [5, 5.41) is 28.8. The molecule has 0 aliphatic heterocycles. The van der Waals surface area contributed by atoms with Gasteiger partial charge in [0.2, 0.25) is 0 Å². The summed E-state index contributed by atoms with van der Waals surface area (Å²) >= 11 is 0.691. The van der Waals surface area contributed by atoms with Crippen LogP contribution in [0.4, 0.5) is 22.7 Å². The van der Waals surface area contributed by atoms with E-state index in [-0.39, 0.29) is 5.75 Å². The van der Waals surface area contributed by atoms with Crippen LogP contribution in [0.3, 0.4) is 0 Å². The molecule has 0 atom stereocenters. The normalized spacial score (nSPS) is 11.6. The second-order valence-corrected chi connectivity index (χ2v) is 6.81. The Morgan fingerprint density at radius 2 is 1.14 bits per heavy atom. The lowest BCUT2D eigenvalue weighted by Crippen LogP contribution is -1.74. The topological polar surface area (TPSA) is 89.9 Å². The predicted molar refractivity (Wildman–Crippen MR) is 115 cm³/mol. The molecule has 2 N–H and O–H groups in total. The summed E-state index contributed by atoms with van der Waals surface area (Å²) < 4.78 is 8.98. The third-order valence-corrected chi connectivity index (χ3v) is 4.70. The molecule has 0 saturated carbocycles. The average Bonchev–Trinajstić information content (AvgIpc) is 2.78. The van der Waals surface area contributed by atoms with Crippen LogP contribution in [0, 0.1) is 0 Å². The van der Waals surface area contributed by atoms with E-state index < -0.39 is 0 Å². The van der Waals surface area contributed by atoms with Crippen LogP contribution >= 0.6 is 12.0 Å². The SMILES string of the molecule is OSc1ccc(N=Nc2ccc(N=Nc3c(O)ccc4ccccc34)cc2)cc1. The second kappa shape index (κ2) is 8.64. The van der Waals surface area contributed by atoms with Crippen molar-refractivity contribution in [2.24, 2.45) is 20.5 Å². The van der Waals surface area contributed by atoms with Crippen molar-refractivity contribution < 1.29 is 9.66 Å². The predicted octanol–water partition coefficient (Wildman–Crippen LogP) is 7.94. The van der Waals surface area contributed by atoms with Gasteiger partial charge in [-0.25, -0.2) is 0 Å². The number of benzene rings is 4. The highest BCUT2D eigenvalue weighted by Crippen LogP contribution is 2.36. The summed E-state index contributed by atoms with van der Waals surface area (Å²) in [5.74, 6) is 0.0866. The molecule has 0 fully saturated rings. The highest BCUT2D eigenvalue weighted by molar-refractivity contribution is 7.93. The summed E-state index contributed by atoms with van der Waals surface area (Å²) in [4.78, 5) is 0.746. The van der Waals surface area contributed by atoms with E-state index in [0.29, 0.717) is 34.8 Å². The van der Waals surface area contributed by atoms with Crippen molar-refractivity contribution in [2.45, 2.75) is 4.90 Å². The molecule has 4 aromatic carbocycles. The number of azo groups is 2. The molecular weight excluding hydrogens is 384 g/mol. The van der Waals surface area contributed by atoms with Crippen molar-refractivity contribution in [1.29, 1.82) is 0 Å². The van der Waals surface area contributed by atoms with Gasteiger partial charge in [0, 0.05) is 22.3 Å². The monoisotopic (exact) mass is 400 g/mol. The van der Waals surface area contributed by atoms with Crippen LogP contribution in [-0.4, -0.2) is 9.66 Å². The minimum atomic E-state index is 0.0866. The molecule has 0 saturated heterocycles. The van der Waals surface area contributed by atoms with Gasteiger partial charge in [-0.3, -0.25) is 0 Å². The Morgan fingerprint density at radius 1 is 0.586 bits per heavy atom. The van der Waals surface area contributed by atoms with Gasteiger partial charge in [0.05, 0.1) is 17.1 Å². The average molecular weight is 400 g/mol. The van der Waals surface area contributed by atoms with Crippen molar-refractivity contribution in [2.75, 3.05) is 0 Å². The maximum absolute atomic E-state index is 10.1. The van der Waals surface area contributed by atoms with E-state index in [9.17, 15) is 5.11 Å². The van der Waals surface area contributed by atoms with Crippen LogP contribution in [-0.2, 0) is 0 Å². The van der Waals surface area contributed by atoms with Crippen LogP contribution in [0.2, 0.25) is 0 Å². The molecule has 0 aliphatic rings. The van der Waals surface area contributed by atoms with Crippen LogP contribution in [0.15, 0.2) is 110 Å². The quantitative estimate of drug-likeness (QED) is 0.263. The van der Waals surface area contributed by atoms with Crippen molar-refractivity contribution in [3.8, 4) is 5.75 Å². The summed E-state index contributed by atoms with van der Waals surface area (Å²) in [6.45, 7) is 0. The number of fused-ring (bicyclic) bond motifs is 1. The van der Waals surface area contributed by atoms with Gasteiger partial charge in [-0.2, -0.15) is 15.3 Å². The largest absolute Gasteiger partial charge is 0.506 e. The fourth-order valence-electron chi connectivity index (χ4n) is 2.73. The van der Waals surface area contributed by atoms with Crippen LogP contribution < -0.4 is 0 Å². The fourth-order valence-corrected chi connectivity index (χ4v) is 2.99. The third-order valence-electron chi connectivity index (χ3n) is 4.22. The number of rotatable bonds is 5. The molecule has 7 heteroatoms. The number of aromatic hydroxyl groups is 1. The molecule has 0 spiro atoms. The Bertz CT molecular complexity index is 1190. The molecular formula is C22H16N4O2S. The Balaban J connectivity index is 1.51.